The highest BCUT2D eigenvalue weighted by atomic mass is 35.5. The van der Waals surface area contributed by atoms with Gasteiger partial charge in [0, 0.05) is 42.0 Å². The van der Waals surface area contributed by atoms with Gasteiger partial charge in [0.05, 0.1) is 5.54 Å². The summed E-state index contributed by atoms with van der Waals surface area (Å²) in [4.78, 5) is 13.9. The van der Waals surface area contributed by atoms with Gasteiger partial charge in [0.15, 0.2) is 0 Å². The van der Waals surface area contributed by atoms with E-state index >= 15 is 0 Å². The number of hydrogen-bond donors (Lipinski definition) is 1. The van der Waals surface area contributed by atoms with Gasteiger partial charge in [-0.15, -0.1) is 0 Å². The Balaban J connectivity index is 1.30. The van der Waals surface area contributed by atoms with Crippen molar-refractivity contribution in [2.24, 2.45) is 0 Å². The summed E-state index contributed by atoms with van der Waals surface area (Å²) in [7, 11) is 0. The molecule has 6 heteroatoms. The maximum absolute atomic E-state index is 11.6. The van der Waals surface area contributed by atoms with Gasteiger partial charge in [-0.1, -0.05) is 23.7 Å². The fourth-order valence-corrected chi connectivity index (χ4v) is 4.57. The Bertz CT molecular complexity index is 1070. The maximum Gasteiger partial charge on any atom is 0.220 e. The van der Waals surface area contributed by atoms with E-state index in [-0.39, 0.29) is 11.4 Å². The van der Waals surface area contributed by atoms with Gasteiger partial charge in [-0.3, -0.25) is 9.69 Å². The first-order chi connectivity index (χ1) is 14.0. The van der Waals surface area contributed by atoms with Gasteiger partial charge in [-0.25, -0.2) is 0 Å². The monoisotopic (exact) mass is 410 g/mol. The second-order valence-corrected chi connectivity index (χ2v) is 8.62. The summed E-state index contributed by atoms with van der Waals surface area (Å²) in [5, 5.41) is 4.95. The smallest absolute Gasteiger partial charge is 0.220 e. The quantitative estimate of drug-likeness (QED) is 0.675. The molecule has 0 atom stereocenters. The van der Waals surface area contributed by atoms with Crippen LogP contribution in [-0.2, 0) is 17.9 Å². The molecule has 1 spiro atoms. The molecule has 0 saturated carbocycles. The van der Waals surface area contributed by atoms with Crippen LogP contribution < -0.4 is 10.1 Å². The number of rotatable bonds is 5. The van der Waals surface area contributed by atoms with Gasteiger partial charge in [0.1, 0.15) is 23.7 Å². The molecule has 0 bridgehead atoms. The normalized spacial score (nSPS) is 18.2. The number of aryl methyl sites for hydroxylation is 1. The lowest BCUT2D eigenvalue weighted by Crippen LogP contribution is -2.66. The summed E-state index contributed by atoms with van der Waals surface area (Å²) in [5.74, 6) is 1.93. The van der Waals surface area contributed by atoms with Crippen molar-refractivity contribution in [2.75, 3.05) is 13.1 Å². The molecule has 2 saturated heterocycles. The lowest BCUT2D eigenvalue weighted by molar-refractivity contribution is -0.120. The van der Waals surface area contributed by atoms with E-state index in [2.05, 4.69) is 16.3 Å². The highest BCUT2D eigenvalue weighted by Gasteiger charge is 2.47. The molecule has 29 heavy (non-hydrogen) atoms. The van der Waals surface area contributed by atoms with E-state index in [1.807, 2.05) is 43.3 Å². The van der Waals surface area contributed by atoms with Gasteiger partial charge >= 0.3 is 0 Å². The van der Waals surface area contributed by atoms with E-state index in [0.29, 0.717) is 13.0 Å². The number of carbonyl (C=O) groups excluding carboxylic acids is 1. The second kappa shape index (κ2) is 7.08. The molecule has 2 aliphatic rings. The Morgan fingerprint density at radius 2 is 2.00 bits per heavy atom. The van der Waals surface area contributed by atoms with Crippen LogP contribution in [0.4, 0.5) is 0 Å². The van der Waals surface area contributed by atoms with Crippen molar-refractivity contribution >= 4 is 28.5 Å². The van der Waals surface area contributed by atoms with E-state index in [1.165, 1.54) is 5.56 Å². The number of nitrogens with zero attached hydrogens (tertiary/aromatic N) is 1. The van der Waals surface area contributed by atoms with Crippen LogP contribution in [0.1, 0.15) is 29.7 Å². The zero-order valence-corrected chi connectivity index (χ0v) is 17.1. The van der Waals surface area contributed by atoms with Crippen LogP contribution in [0.2, 0.25) is 5.02 Å². The molecule has 0 aliphatic carbocycles. The predicted octanol–water partition coefficient (Wildman–Crippen LogP) is 4.44. The molecule has 1 amide bonds. The molecule has 150 valence electrons. The second-order valence-electron chi connectivity index (χ2n) is 8.18. The number of carbonyl (C=O) groups is 1. The van der Waals surface area contributed by atoms with E-state index < -0.39 is 0 Å². The number of fused-ring (bicyclic) bond motifs is 1. The largest absolute Gasteiger partial charge is 0.489 e. The zero-order valence-electron chi connectivity index (χ0n) is 16.3. The third-order valence-corrected chi connectivity index (χ3v) is 6.20. The van der Waals surface area contributed by atoms with Crippen LogP contribution in [0.15, 0.2) is 46.9 Å². The van der Waals surface area contributed by atoms with Gasteiger partial charge < -0.3 is 14.5 Å². The zero-order chi connectivity index (χ0) is 20.0. The van der Waals surface area contributed by atoms with Crippen LogP contribution in [0.3, 0.4) is 0 Å². The molecule has 3 aromatic rings. The maximum atomic E-state index is 11.6. The van der Waals surface area contributed by atoms with Gasteiger partial charge in [0.25, 0.3) is 0 Å². The highest BCUT2D eigenvalue weighted by molar-refractivity contribution is 6.30. The Labute approximate surface area is 174 Å². The van der Waals surface area contributed by atoms with E-state index in [9.17, 15) is 4.79 Å². The standard InChI is InChI=1S/C23H23ClN2O3/c1-15-20(11-26-13-23(14-26)9-8-22(27)25-23)19-10-18(6-7-21(19)29-15)28-12-16-2-4-17(24)5-3-16/h2-7,10H,8-9,11-14H2,1H3,(H,25,27). The number of amides is 1. The first-order valence-corrected chi connectivity index (χ1v) is 10.3. The predicted molar refractivity (Wildman–Crippen MR) is 112 cm³/mol. The lowest BCUT2D eigenvalue weighted by atomic mass is 9.88. The molecule has 0 radical (unpaired) electrons. The summed E-state index contributed by atoms with van der Waals surface area (Å²) in [5.41, 5.74) is 3.14. The average Bonchev–Trinajstić information content (AvgIpc) is 3.21. The minimum absolute atomic E-state index is 0.00260. The van der Waals surface area contributed by atoms with E-state index in [1.54, 1.807) is 0 Å². The van der Waals surface area contributed by atoms with Crippen molar-refractivity contribution in [3.63, 3.8) is 0 Å². The number of hydrogen-bond acceptors (Lipinski definition) is 4. The van der Waals surface area contributed by atoms with Crippen LogP contribution in [0.5, 0.6) is 5.75 Å². The third-order valence-electron chi connectivity index (χ3n) is 5.95. The minimum Gasteiger partial charge on any atom is -0.489 e. The van der Waals surface area contributed by atoms with Crippen molar-refractivity contribution < 1.29 is 13.9 Å². The Morgan fingerprint density at radius 1 is 1.21 bits per heavy atom. The molecular weight excluding hydrogens is 388 g/mol. The van der Waals surface area contributed by atoms with Crippen molar-refractivity contribution in [1.82, 2.24) is 10.2 Å². The van der Waals surface area contributed by atoms with E-state index in [0.717, 1.165) is 59.1 Å². The molecule has 2 aromatic carbocycles. The summed E-state index contributed by atoms with van der Waals surface area (Å²) >= 11 is 5.94. The molecule has 0 unspecified atom stereocenters. The number of likely N-dealkylation sites (tertiary alicyclic amines) is 1. The molecule has 5 rings (SSSR count). The molecule has 5 nitrogen and oxygen atoms in total. The summed E-state index contributed by atoms with van der Waals surface area (Å²) < 4.78 is 12.0. The number of benzene rings is 2. The summed E-state index contributed by atoms with van der Waals surface area (Å²) in [6.45, 7) is 5.12. The van der Waals surface area contributed by atoms with Gasteiger partial charge in [0.2, 0.25) is 5.91 Å². The summed E-state index contributed by atoms with van der Waals surface area (Å²) in [6, 6.07) is 13.6. The average molecular weight is 411 g/mol. The Morgan fingerprint density at radius 3 is 2.72 bits per heavy atom. The molecule has 1 N–H and O–H groups in total. The Kier molecular flexibility index (Phi) is 4.52. The molecule has 3 heterocycles. The third kappa shape index (κ3) is 3.61. The van der Waals surface area contributed by atoms with Crippen LogP contribution in [-0.4, -0.2) is 29.4 Å². The van der Waals surface area contributed by atoms with Gasteiger partial charge in [-0.2, -0.15) is 0 Å². The lowest BCUT2D eigenvalue weighted by Gasteiger charge is -2.47. The number of furan rings is 1. The highest BCUT2D eigenvalue weighted by Crippen LogP contribution is 2.35. The minimum atomic E-state index is -0.00260. The fraction of sp³-hybridized carbons (Fsp3) is 0.348. The summed E-state index contributed by atoms with van der Waals surface area (Å²) in [6.07, 6.45) is 1.59. The first kappa shape index (κ1) is 18.5. The van der Waals surface area contributed by atoms with Crippen molar-refractivity contribution in [3.8, 4) is 5.75 Å². The number of halogens is 1. The SMILES string of the molecule is Cc1oc2ccc(OCc3ccc(Cl)cc3)cc2c1CN1CC2(CCC(=O)N2)C1. The fourth-order valence-electron chi connectivity index (χ4n) is 4.44. The first-order valence-electron chi connectivity index (χ1n) is 9.92. The van der Waals surface area contributed by atoms with Crippen molar-refractivity contribution in [2.45, 2.75) is 38.5 Å². The van der Waals surface area contributed by atoms with Crippen molar-refractivity contribution in [3.05, 3.63) is 64.4 Å². The molecule has 1 aromatic heterocycles. The topological polar surface area (TPSA) is 54.7 Å². The van der Waals surface area contributed by atoms with E-state index in [4.69, 9.17) is 20.8 Å². The van der Waals surface area contributed by atoms with Crippen LogP contribution in [0, 0.1) is 6.92 Å². The molecule has 2 fully saturated rings. The van der Waals surface area contributed by atoms with Crippen LogP contribution in [0.25, 0.3) is 11.0 Å². The Hall–Kier alpha value is -2.50. The number of nitrogens with one attached hydrogen (secondary N) is 1. The molecule has 2 aliphatic heterocycles. The van der Waals surface area contributed by atoms with Gasteiger partial charge in [-0.05, 0) is 49.2 Å². The number of ether oxygens (including phenoxy) is 1. The van der Waals surface area contributed by atoms with Crippen molar-refractivity contribution in [1.29, 1.82) is 0 Å². The molecular formula is C23H23ClN2O3. The van der Waals surface area contributed by atoms with Crippen LogP contribution >= 0.6 is 11.6 Å².